The van der Waals surface area contributed by atoms with E-state index in [0.717, 1.165) is 37.1 Å². The molecule has 2 aromatic carbocycles. The standard InChI is InChI=1S/C29H40N2O8Si2/c1-7-8-15-40(3,4)39-41(5,6)16-9-14-31-27(34)24-18-20(11-13-22(24)29(37)38)25(32)19-10-12-21(28(35)36)23(17-19)26(33)30-2/h10-13,17-18H,7-9,14-16H2,1-6H3,(H,30,33)(H,31,34)(H,35,36)(H,37,38). The predicted octanol–water partition coefficient (Wildman–Crippen LogP) is 5.02. The molecule has 0 saturated heterocycles. The SMILES string of the molecule is CCCC[Si](C)(C)O[Si](C)(C)CCCNC(=O)c1cc(C(=O)c2ccc(C(=O)O)c(C(=O)NC)c2)ccc1C(=O)O. The molecular weight excluding hydrogens is 560 g/mol. The lowest BCUT2D eigenvalue weighted by atomic mass is 9.95. The Hall–Kier alpha value is -3.62. The van der Waals surface area contributed by atoms with Crippen LogP contribution in [0.1, 0.15) is 83.5 Å². The van der Waals surface area contributed by atoms with E-state index in [1.807, 2.05) is 0 Å². The summed E-state index contributed by atoms with van der Waals surface area (Å²) in [4.78, 5) is 61.8. The van der Waals surface area contributed by atoms with E-state index in [0.29, 0.717) is 13.0 Å². The lowest BCUT2D eigenvalue weighted by Gasteiger charge is -2.34. The largest absolute Gasteiger partial charge is 0.478 e. The lowest BCUT2D eigenvalue weighted by molar-refractivity contribution is 0.0682. The summed E-state index contributed by atoms with van der Waals surface area (Å²) in [6.45, 7) is 11.3. The molecule has 0 unspecified atom stereocenters. The Balaban J connectivity index is 2.21. The molecule has 0 radical (unpaired) electrons. The van der Waals surface area contributed by atoms with Gasteiger partial charge in [0.25, 0.3) is 11.8 Å². The van der Waals surface area contributed by atoms with Crippen molar-refractivity contribution in [3.63, 3.8) is 0 Å². The fourth-order valence-electron chi connectivity index (χ4n) is 4.68. The zero-order chi connectivity index (χ0) is 31.0. The molecule has 4 N–H and O–H groups in total. The molecule has 12 heteroatoms. The number of rotatable bonds is 15. The number of amides is 2. The molecule has 0 fully saturated rings. The van der Waals surface area contributed by atoms with E-state index in [2.05, 4.69) is 43.7 Å². The maximum atomic E-state index is 13.2. The van der Waals surface area contributed by atoms with E-state index in [-0.39, 0.29) is 33.4 Å². The van der Waals surface area contributed by atoms with Gasteiger partial charge in [-0.05, 0) is 69.0 Å². The number of nitrogens with one attached hydrogen (secondary N) is 2. The number of carboxylic acid groups (broad SMARTS) is 2. The zero-order valence-corrected chi connectivity index (χ0v) is 26.6. The molecule has 0 atom stereocenters. The molecular formula is C29H40N2O8Si2. The van der Waals surface area contributed by atoms with Crippen LogP contribution in [0.4, 0.5) is 0 Å². The third-order valence-electron chi connectivity index (χ3n) is 6.67. The molecule has 0 aliphatic carbocycles. The van der Waals surface area contributed by atoms with Crippen LogP contribution in [0, 0.1) is 0 Å². The Morgan fingerprint density at radius 3 is 1.63 bits per heavy atom. The zero-order valence-electron chi connectivity index (χ0n) is 24.6. The first-order valence-corrected chi connectivity index (χ1v) is 19.9. The molecule has 10 nitrogen and oxygen atoms in total. The van der Waals surface area contributed by atoms with Crippen molar-refractivity contribution in [2.24, 2.45) is 0 Å². The fourth-order valence-corrected chi connectivity index (χ4v) is 13.7. The van der Waals surface area contributed by atoms with E-state index in [1.54, 1.807) is 0 Å². The van der Waals surface area contributed by atoms with Gasteiger partial charge in [0.15, 0.2) is 22.4 Å². The summed E-state index contributed by atoms with van der Waals surface area (Å²) in [5.41, 5.74) is -0.859. The van der Waals surface area contributed by atoms with Gasteiger partial charge in [-0.3, -0.25) is 14.4 Å². The van der Waals surface area contributed by atoms with Gasteiger partial charge in [-0.15, -0.1) is 0 Å². The van der Waals surface area contributed by atoms with E-state index in [9.17, 15) is 34.2 Å². The molecule has 222 valence electrons. The van der Waals surface area contributed by atoms with Gasteiger partial charge in [0, 0.05) is 24.7 Å². The van der Waals surface area contributed by atoms with Crippen LogP contribution in [0.3, 0.4) is 0 Å². The first kappa shape index (κ1) is 33.6. The number of benzene rings is 2. The molecule has 41 heavy (non-hydrogen) atoms. The quantitative estimate of drug-likeness (QED) is 0.126. The van der Waals surface area contributed by atoms with Gasteiger partial charge < -0.3 is 25.0 Å². The summed E-state index contributed by atoms with van der Waals surface area (Å²) >= 11 is 0. The van der Waals surface area contributed by atoms with Crippen LogP contribution in [-0.4, -0.2) is 70.0 Å². The molecule has 0 aliphatic rings. The number of ketones is 1. The van der Waals surface area contributed by atoms with Gasteiger partial charge in [-0.2, -0.15) is 0 Å². The monoisotopic (exact) mass is 600 g/mol. The van der Waals surface area contributed by atoms with Crippen LogP contribution in [0.2, 0.25) is 38.3 Å². The minimum Gasteiger partial charge on any atom is -0.478 e. The molecule has 0 heterocycles. The number of hydrogen-bond acceptors (Lipinski definition) is 6. The molecule has 0 aromatic heterocycles. The summed E-state index contributed by atoms with van der Waals surface area (Å²) in [6.07, 6.45) is 2.95. The Bertz CT molecular complexity index is 1320. The van der Waals surface area contributed by atoms with Gasteiger partial charge in [-0.1, -0.05) is 31.9 Å². The van der Waals surface area contributed by atoms with Crippen LogP contribution < -0.4 is 10.6 Å². The molecule has 0 aliphatic heterocycles. The van der Waals surface area contributed by atoms with Crippen LogP contribution in [0.15, 0.2) is 36.4 Å². The first-order chi connectivity index (χ1) is 19.1. The van der Waals surface area contributed by atoms with Crippen molar-refractivity contribution in [1.29, 1.82) is 0 Å². The highest BCUT2D eigenvalue weighted by atomic mass is 28.4. The smallest absolute Gasteiger partial charge is 0.336 e. The van der Waals surface area contributed by atoms with E-state index in [4.69, 9.17) is 4.12 Å². The highest BCUT2D eigenvalue weighted by Crippen LogP contribution is 2.24. The summed E-state index contributed by atoms with van der Waals surface area (Å²) < 4.78 is 6.60. The fraction of sp³-hybridized carbons (Fsp3) is 0.414. The Kier molecular flexibility index (Phi) is 11.7. The second kappa shape index (κ2) is 14.3. The second-order valence-corrected chi connectivity index (χ2v) is 20.0. The summed E-state index contributed by atoms with van der Waals surface area (Å²) in [6, 6.07) is 9.20. The van der Waals surface area contributed by atoms with Crippen molar-refractivity contribution in [3.8, 4) is 0 Å². The predicted molar refractivity (Wildman–Crippen MR) is 161 cm³/mol. The van der Waals surface area contributed by atoms with Crippen molar-refractivity contribution in [2.75, 3.05) is 13.6 Å². The highest BCUT2D eigenvalue weighted by molar-refractivity contribution is 6.84. The molecule has 0 saturated carbocycles. The van der Waals surface area contributed by atoms with Gasteiger partial charge >= 0.3 is 11.9 Å². The van der Waals surface area contributed by atoms with Crippen LogP contribution in [0.25, 0.3) is 0 Å². The number of carboxylic acids is 2. The van der Waals surface area contributed by atoms with Crippen LogP contribution in [0.5, 0.6) is 0 Å². The number of aromatic carboxylic acids is 2. The average molecular weight is 601 g/mol. The molecule has 2 aromatic rings. The van der Waals surface area contributed by atoms with Crippen molar-refractivity contribution in [2.45, 2.75) is 64.5 Å². The maximum absolute atomic E-state index is 13.2. The second-order valence-electron chi connectivity index (χ2n) is 11.1. The molecule has 0 bridgehead atoms. The first-order valence-electron chi connectivity index (χ1n) is 13.6. The Labute approximate surface area is 242 Å². The number of carbonyl (C=O) groups excluding carboxylic acids is 3. The highest BCUT2D eigenvalue weighted by Gasteiger charge is 2.32. The van der Waals surface area contributed by atoms with Crippen molar-refractivity contribution in [3.05, 3.63) is 69.8 Å². The topological polar surface area (TPSA) is 159 Å². The number of unbranched alkanes of at least 4 members (excludes halogenated alkanes) is 1. The normalized spacial score (nSPS) is 11.6. The van der Waals surface area contributed by atoms with Gasteiger partial charge in [-0.25, -0.2) is 9.59 Å². The van der Waals surface area contributed by atoms with Crippen molar-refractivity contribution in [1.82, 2.24) is 10.6 Å². The lowest BCUT2D eigenvalue weighted by Crippen LogP contribution is -2.44. The third kappa shape index (κ3) is 9.47. The van der Waals surface area contributed by atoms with E-state index in [1.165, 1.54) is 31.3 Å². The molecule has 2 amide bonds. The van der Waals surface area contributed by atoms with Gasteiger partial charge in [0.2, 0.25) is 0 Å². The molecule has 0 spiro atoms. The Morgan fingerprint density at radius 2 is 1.20 bits per heavy atom. The maximum Gasteiger partial charge on any atom is 0.336 e. The van der Waals surface area contributed by atoms with E-state index >= 15 is 0 Å². The third-order valence-corrected chi connectivity index (χ3v) is 14.2. The van der Waals surface area contributed by atoms with Crippen LogP contribution in [-0.2, 0) is 4.12 Å². The summed E-state index contributed by atoms with van der Waals surface area (Å²) in [5, 5.41) is 24.1. The van der Waals surface area contributed by atoms with E-state index < -0.39 is 46.2 Å². The Morgan fingerprint density at radius 1 is 0.732 bits per heavy atom. The average Bonchev–Trinajstić information content (AvgIpc) is 2.91. The van der Waals surface area contributed by atoms with Crippen molar-refractivity contribution < 1.29 is 38.3 Å². The van der Waals surface area contributed by atoms with Gasteiger partial charge in [0.1, 0.15) is 0 Å². The number of carbonyl (C=O) groups is 5. The minimum absolute atomic E-state index is 0.0145. The van der Waals surface area contributed by atoms with Crippen LogP contribution >= 0.6 is 0 Å². The van der Waals surface area contributed by atoms with Gasteiger partial charge in [0.05, 0.1) is 22.3 Å². The summed E-state index contributed by atoms with van der Waals surface area (Å²) in [5.74, 6) is -4.54. The minimum atomic E-state index is -1.95. The van der Waals surface area contributed by atoms with Crippen molar-refractivity contribution >= 4 is 46.2 Å². The summed E-state index contributed by atoms with van der Waals surface area (Å²) in [7, 11) is -2.37. The number of hydrogen-bond donors (Lipinski definition) is 4. The molecule has 2 rings (SSSR count).